The van der Waals surface area contributed by atoms with Crippen molar-refractivity contribution in [3.8, 4) is 0 Å². The lowest BCUT2D eigenvalue weighted by atomic mass is 10.0. The lowest BCUT2D eigenvalue weighted by Crippen LogP contribution is -2.34. The average Bonchev–Trinajstić information content (AvgIpc) is 3.02. The van der Waals surface area contributed by atoms with Crippen LogP contribution in [-0.4, -0.2) is 11.0 Å². The fourth-order valence-electron chi connectivity index (χ4n) is 3.75. The molecule has 1 aliphatic rings. The van der Waals surface area contributed by atoms with Crippen LogP contribution >= 0.6 is 12.2 Å². The van der Waals surface area contributed by atoms with Crippen molar-refractivity contribution in [1.82, 2.24) is 5.32 Å². The number of anilines is 1. The fraction of sp³-hybridized carbons (Fsp3) is 0.182. The van der Waals surface area contributed by atoms with Crippen molar-refractivity contribution in [2.24, 2.45) is 0 Å². The molecule has 130 valence electrons. The van der Waals surface area contributed by atoms with Crippen LogP contribution in [0, 0.1) is 13.8 Å². The van der Waals surface area contributed by atoms with Gasteiger partial charge in [0.15, 0.2) is 5.11 Å². The van der Waals surface area contributed by atoms with E-state index < -0.39 is 0 Å². The molecule has 0 radical (unpaired) electrons. The lowest BCUT2D eigenvalue weighted by molar-refractivity contribution is 0.0977. The minimum absolute atomic E-state index is 0.189. The Bertz CT molecular complexity index is 1050. The van der Waals surface area contributed by atoms with E-state index in [4.69, 9.17) is 12.2 Å². The van der Waals surface area contributed by atoms with Crippen molar-refractivity contribution < 1.29 is 4.79 Å². The summed E-state index contributed by atoms with van der Waals surface area (Å²) in [6, 6.07) is 16.3. The maximum atomic E-state index is 12.5. The molecule has 1 aliphatic carbocycles. The highest BCUT2D eigenvalue weighted by atomic mass is 32.1. The number of carbonyl (C=O) groups excluding carboxylic acids is 1. The Morgan fingerprint density at radius 3 is 2.54 bits per heavy atom. The molecule has 0 saturated heterocycles. The minimum Gasteiger partial charge on any atom is -0.332 e. The Morgan fingerprint density at radius 1 is 1.00 bits per heavy atom. The van der Waals surface area contributed by atoms with Crippen LogP contribution < -0.4 is 10.6 Å². The maximum Gasteiger partial charge on any atom is 0.257 e. The Kier molecular flexibility index (Phi) is 4.21. The van der Waals surface area contributed by atoms with Gasteiger partial charge in [-0.15, -0.1) is 0 Å². The normalized spacial score (nSPS) is 12.2. The summed E-state index contributed by atoms with van der Waals surface area (Å²) in [6.45, 7) is 3.94. The molecule has 0 unspecified atom stereocenters. The summed E-state index contributed by atoms with van der Waals surface area (Å²) in [5.74, 6) is -0.189. The Hall–Kier alpha value is -2.72. The number of thiocarbonyl (C=S) groups is 1. The van der Waals surface area contributed by atoms with Gasteiger partial charge < -0.3 is 5.32 Å². The molecule has 0 aliphatic heterocycles. The molecule has 0 aromatic heterocycles. The summed E-state index contributed by atoms with van der Waals surface area (Å²) in [5, 5.41) is 8.78. The number of benzene rings is 3. The van der Waals surface area contributed by atoms with Crippen LogP contribution in [0.4, 0.5) is 5.69 Å². The van der Waals surface area contributed by atoms with E-state index in [2.05, 4.69) is 34.9 Å². The van der Waals surface area contributed by atoms with Gasteiger partial charge in [-0.1, -0.05) is 42.0 Å². The predicted molar refractivity (Wildman–Crippen MR) is 111 cm³/mol. The molecule has 3 aromatic rings. The Morgan fingerprint density at radius 2 is 1.77 bits per heavy atom. The molecule has 0 bridgehead atoms. The molecule has 0 saturated carbocycles. The van der Waals surface area contributed by atoms with Crippen LogP contribution in [0.15, 0.2) is 48.5 Å². The van der Waals surface area contributed by atoms with Crippen molar-refractivity contribution in [1.29, 1.82) is 0 Å². The van der Waals surface area contributed by atoms with E-state index in [1.165, 1.54) is 16.5 Å². The molecule has 1 amide bonds. The van der Waals surface area contributed by atoms with Gasteiger partial charge in [-0.2, -0.15) is 0 Å². The second-order valence-electron chi connectivity index (χ2n) is 6.84. The summed E-state index contributed by atoms with van der Waals surface area (Å²) in [6.07, 6.45) is 2.17. The summed E-state index contributed by atoms with van der Waals surface area (Å²) in [7, 11) is 0. The predicted octanol–water partition coefficient (Wildman–Crippen LogP) is 4.68. The van der Waals surface area contributed by atoms with E-state index in [1.807, 2.05) is 38.1 Å². The SMILES string of the molecule is Cc1ccc(C(=O)NC(=S)Nc2ccc3c4c(cccc24)CC3)c(C)c1. The Labute approximate surface area is 158 Å². The third-order valence-electron chi connectivity index (χ3n) is 4.98. The molecular weight excluding hydrogens is 340 g/mol. The number of nitrogens with one attached hydrogen (secondary N) is 2. The van der Waals surface area contributed by atoms with E-state index in [0.717, 1.165) is 35.0 Å². The molecule has 3 aromatic carbocycles. The van der Waals surface area contributed by atoms with Crippen LogP contribution in [-0.2, 0) is 12.8 Å². The quantitative estimate of drug-likeness (QED) is 0.652. The number of rotatable bonds is 2. The molecule has 0 atom stereocenters. The molecule has 3 nitrogen and oxygen atoms in total. The first-order valence-electron chi connectivity index (χ1n) is 8.76. The average molecular weight is 360 g/mol. The highest BCUT2D eigenvalue weighted by molar-refractivity contribution is 7.80. The van der Waals surface area contributed by atoms with E-state index in [9.17, 15) is 4.79 Å². The van der Waals surface area contributed by atoms with Gasteiger partial charge in [-0.3, -0.25) is 10.1 Å². The van der Waals surface area contributed by atoms with Crippen LogP contribution in [0.1, 0.15) is 32.6 Å². The first kappa shape index (κ1) is 16.7. The zero-order valence-electron chi connectivity index (χ0n) is 14.8. The summed E-state index contributed by atoms with van der Waals surface area (Å²) in [4.78, 5) is 12.5. The lowest BCUT2D eigenvalue weighted by Gasteiger charge is -2.14. The maximum absolute atomic E-state index is 12.5. The van der Waals surface area contributed by atoms with Gasteiger partial charge in [0.1, 0.15) is 0 Å². The number of hydrogen-bond acceptors (Lipinski definition) is 2. The zero-order valence-corrected chi connectivity index (χ0v) is 15.7. The summed E-state index contributed by atoms with van der Waals surface area (Å²) < 4.78 is 0. The number of hydrogen-bond donors (Lipinski definition) is 2. The van der Waals surface area contributed by atoms with Crippen molar-refractivity contribution in [2.45, 2.75) is 26.7 Å². The van der Waals surface area contributed by atoms with Crippen molar-refractivity contribution in [3.05, 3.63) is 76.3 Å². The molecule has 2 N–H and O–H groups in total. The number of carbonyl (C=O) groups is 1. The van der Waals surface area contributed by atoms with Crippen LogP contribution in [0.2, 0.25) is 0 Å². The largest absolute Gasteiger partial charge is 0.332 e. The third kappa shape index (κ3) is 2.97. The molecule has 26 heavy (non-hydrogen) atoms. The molecule has 0 spiro atoms. The first-order chi connectivity index (χ1) is 12.5. The minimum atomic E-state index is -0.189. The molecule has 0 heterocycles. The fourth-order valence-corrected chi connectivity index (χ4v) is 3.95. The van der Waals surface area contributed by atoms with Gasteiger partial charge >= 0.3 is 0 Å². The molecule has 4 heteroatoms. The Balaban J connectivity index is 1.56. The number of aryl methyl sites for hydroxylation is 4. The second kappa shape index (κ2) is 6.54. The zero-order chi connectivity index (χ0) is 18.3. The molecule has 4 rings (SSSR count). The third-order valence-corrected chi connectivity index (χ3v) is 5.18. The van der Waals surface area contributed by atoms with Gasteiger partial charge in [0, 0.05) is 16.6 Å². The molecule has 0 fully saturated rings. The van der Waals surface area contributed by atoms with Gasteiger partial charge in [0.05, 0.1) is 0 Å². The monoisotopic (exact) mass is 360 g/mol. The molecular formula is C22H20N2OS. The van der Waals surface area contributed by atoms with E-state index in [1.54, 1.807) is 0 Å². The first-order valence-corrected chi connectivity index (χ1v) is 9.17. The van der Waals surface area contributed by atoms with Gasteiger partial charge in [0.2, 0.25) is 0 Å². The summed E-state index contributed by atoms with van der Waals surface area (Å²) in [5.41, 5.74) is 6.40. The van der Waals surface area contributed by atoms with Crippen molar-refractivity contribution in [3.63, 3.8) is 0 Å². The highest BCUT2D eigenvalue weighted by Crippen LogP contribution is 2.34. The topological polar surface area (TPSA) is 41.1 Å². The van der Waals surface area contributed by atoms with E-state index in [0.29, 0.717) is 10.7 Å². The van der Waals surface area contributed by atoms with Gasteiger partial charge in [0.25, 0.3) is 5.91 Å². The van der Waals surface area contributed by atoms with Crippen LogP contribution in [0.3, 0.4) is 0 Å². The van der Waals surface area contributed by atoms with Gasteiger partial charge in [-0.25, -0.2) is 0 Å². The van der Waals surface area contributed by atoms with Gasteiger partial charge in [-0.05, 0) is 73.1 Å². The van der Waals surface area contributed by atoms with E-state index >= 15 is 0 Å². The summed E-state index contributed by atoms with van der Waals surface area (Å²) >= 11 is 5.38. The van der Waals surface area contributed by atoms with Crippen LogP contribution in [0.25, 0.3) is 10.8 Å². The van der Waals surface area contributed by atoms with E-state index in [-0.39, 0.29) is 5.91 Å². The highest BCUT2D eigenvalue weighted by Gasteiger charge is 2.17. The smallest absolute Gasteiger partial charge is 0.257 e. The van der Waals surface area contributed by atoms with Crippen molar-refractivity contribution >= 4 is 39.7 Å². The second-order valence-corrected chi connectivity index (χ2v) is 7.25. The standard InChI is InChI=1S/C22H20N2OS/c1-13-6-10-17(14(2)12-13)21(25)24-22(26)23-19-11-9-16-8-7-15-4-3-5-18(19)20(15)16/h3-6,9-12H,7-8H2,1-2H3,(H2,23,24,25,26). The van der Waals surface area contributed by atoms with Crippen LogP contribution in [0.5, 0.6) is 0 Å². The van der Waals surface area contributed by atoms with Crippen molar-refractivity contribution in [2.75, 3.05) is 5.32 Å². The number of amides is 1.